The molecule has 0 fully saturated rings. The average molecular weight is 297 g/mol. The van der Waals surface area contributed by atoms with Crippen molar-refractivity contribution in [1.82, 2.24) is 14.9 Å². The molecule has 2 aromatic rings. The molecule has 0 saturated carbocycles. The van der Waals surface area contributed by atoms with Gasteiger partial charge in [-0.05, 0) is 36.7 Å². The molecule has 0 spiro atoms. The number of aromatic nitrogens is 2. The van der Waals surface area contributed by atoms with Crippen molar-refractivity contribution in [2.45, 2.75) is 26.1 Å². The molecule has 114 valence electrons. The van der Waals surface area contributed by atoms with Gasteiger partial charge in [0.1, 0.15) is 5.82 Å². The second kappa shape index (κ2) is 5.89. The molecule has 0 radical (unpaired) electrons. The smallest absolute Gasteiger partial charge is 0.336 e. The van der Waals surface area contributed by atoms with Crippen LogP contribution in [0.4, 0.5) is 13.2 Å². The molecule has 1 unspecified atom stereocenters. The molecule has 0 amide bonds. The van der Waals surface area contributed by atoms with Gasteiger partial charge in [-0.15, -0.1) is 0 Å². The maximum Gasteiger partial charge on any atom is 0.416 e. The Morgan fingerprint density at radius 2 is 2.05 bits per heavy atom. The van der Waals surface area contributed by atoms with Crippen LogP contribution < -0.4 is 5.32 Å². The van der Waals surface area contributed by atoms with Crippen LogP contribution in [-0.2, 0) is 13.2 Å². The predicted molar refractivity (Wildman–Crippen MR) is 74.9 cm³/mol. The van der Waals surface area contributed by atoms with E-state index in [2.05, 4.69) is 10.3 Å². The van der Waals surface area contributed by atoms with Gasteiger partial charge in [0.2, 0.25) is 0 Å². The van der Waals surface area contributed by atoms with Crippen LogP contribution in [0.5, 0.6) is 0 Å². The topological polar surface area (TPSA) is 29.9 Å². The van der Waals surface area contributed by atoms with E-state index in [1.807, 2.05) is 24.7 Å². The minimum Gasteiger partial charge on any atom is -0.336 e. The molecule has 1 atom stereocenters. The number of aryl methyl sites for hydroxylation is 2. The van der Waals surface area contributed by atoms with Crippen molar-refractivity contribution in [3.63, 3.8) is 0 Å². The highest BCUT2D eigenvalue weighted by Crippen LogP contribution is 2.32. The summed E-state index contributed by atoms with van der Waals surface area (Å²) in [7, 11) is 1.87. The second-order valence-corrected chi connectivity index (χ2v) is 4.96. The summed E-state index contributed by atoms with van der Waals surface area (Å²) in [6.45, 7) is 4.34. The number of nitrogens with zero attached hydrogens (tertiary/aromatic N) is 2. The zero-order valence-corrected chi connectivity index (χ0v) is 12.2. The van der Waals surface area contributed by atoms with Crippen LogP contribution in [0.15, 0.2) is 30.6 Å². The molecule has 0 bridgehead atoms. The fourth-order valence-corrected chi connectivity index (χ4v) is 2.38. The Hall–Kier alpha value is -1.82. The lowest BCUT2D eigenvalue weighted by Crippen LogP contribution is -2.25. The summed E-state index contributed by atoms with van der Waals surface area (Å²) in [6, 6.07) is 3.61. The Kier molecular flexibility index (Phi) is 4.37. The third-order valence-electron chi connectivity index (χ3n) is 3.43. The van der Waals surface area contributed by atoms with Crippen LogP contribution in [0.2, 0.25) is 0 Å². The third kappa shape index (κ3) is 3.26. The normalized spacial score (nSPS) is 13.4. The van der Waals surface area contributed by atoms with Crippen LogP contribution in [0.1, 0.15) is 35.5 Å². The van der Waals surface area contributed by atoms with E-state index in [1.54, 1.807) is 13.1 Å². The summed E-state index contributed by atoms with van der Waals surface area (Å²) < 4.78 is 40.1. The van der Waals surface area contributed by atoms with Gasteiger partial charge in [0.15, 0.2) is 0 Å². The highest BCUT2D eigenvalue weighted by Gasteiger charge is 2.31. The molecule has 0 aliphatic rings. The van der Waals surface area contributed by atoms with E-state index in [0.717, 1.165) is 17.5 Å². The summed E-state index contributed by atoms with van der Waals surface area (Å²) in [5.41, 5.74) is 0.775. The summed E-state index contributed by atoms with van der Waals surface area (Å²) in [5, 5.41) is 3.28. The molecule has 2 rings (SSSR count). The predicted octanol–water partition coefficient (Wildman–Crippen LogP) is 3.45. The number of halogens is 3. The lowest BCUT2D eigenvalue weighted by Gasteiger charge is -2.21. The number of hydrogen-bond donors (Lipinski definition) is 1. The number of nitrogens with one attached hydrogen (secondary N) is 1. The van der Waals surface area contributed by atoms with Gasteiger partial charge in [0.25, 0.3) is 0 Å². The number of alkyl halides is 3. The fourth-order valence-electron chi connectivity index (χ4n) is 2.38. The van der Waals surface area contributed by atoms with Gasteiger partial charge in [-0.25, -0.2) is 4.98 Å². The van der Waals surface area contributed by atoms with Crippen molar-refractivity contribution in [3.8, 4) is 0 Å². The molecule has 0 saturated heterocycles. The minimum absolute atomic E-state index is 0.225. The zero-order valence-electron chi connectivity index (χ0n) is 12.2. The third-order valence-corrected chi connectivity index (χ3v) is 3.43. The number of rotatable bonds is 4. The van der Waals surface area contributed by atoms with Gasteiger partial charge in [0.05, 0.1) is 11.6 Å². The van der Waals surface area contributed by atoms with Crippen molar-refractivity contribution in [2.75, 3.05) is 6.54 Å². The van der Waals surface area contributed by atoms with Crippen molar-refractivity contribution in [3.05, 3.63) is 53.1 Å². The van der Waals surface area contributed by atoms with Crippen LogP contribution in [-0.4, -0.2) is 16.1 Å². The van der Waals surface area contributed by atoms with Gasteiger partial charge in [-0.2, -0.15) is 13.2 Å². The average Bonchev–Trinajstić information content (AvgIpc) is 2.81. The number of hydrogen-bond acceptors (Lipinski definition) is 2. The van der Waals surface area contributed by atoms with Crippen molar-refractivity contribution in [2.24, 2.45) is 7.05 Å². The monoisotopic (exact) mass is 297 g/mol. The van der Waals surface area contributed by atoms with Gasteiger partial charge in [-0.3, -0.25) is 0 Å². The molecule has 21 heavy (non-hydrogen) atoms. The first kappa shape index (κ1) is 15.6. The van der Waals surface area contributed by atoms with Crippen molar-refractivity contribution < 1.29 is 13.2 Å². The van der Waals surface area contributed by atoms with E-state index >= 15 is 0 Å². The van der Waals surface area contributed by atoms with E-state index < -0.39 is 11.7 Å². The Balaban J connectivity index is 2.45. The molecule has 0 aliphatic carbocycles. The van der Waals surface area contributed by atoms with Gasteiger partial charge in [-0.1, -0.05) is 13.0 Å². The second-order valence-electron chi connectivity index (χ2n) is 4.96. The summed E-state index contributed by atoms with van der Waals surface area (Å²) in [4.78, 5) is 4.30. The highest BCUT2D eigenvalue weighted by molar-refractivity contribution is 5.37. The molecular formula is C15H18F3N3. The first-order valence-electron chi connectivity index (χ1n) is 6.73. The van der Waals surface area contributed by atoms with E-state index in [-0.39, 0.29) is 6.04 Å². The molecule has 0 aliphatic heterocycles. The first-order valence-corrected chi connectivity index (χ1v) is 6.73. The summed E-state index contributed by atoms with van der Waals surface area (Å²) >= 11 is 0. The standard InChI is InChI=1S/C15H18F3N3/c1-4-19-13(14-20-7-8-21(14)3)12-6-5-11(9-10(12)2)15(16,17)18/h5-9,13,19H,4H2,1-3H3. The lowest BCUT2D eigenvalue weighted by atomic mass is 9.98. The Morgan fingerprint density at radius 3 is 2.52 bits per heavy atom. The largest absolute Gasteiger partial charge is 0.416 e. The molecule has 1 aromatic carbocycles. The Morgan fingerprint density at radius 1 is 1.33 bits per heavy atom. The first-order chi connectivity index (χ1) is 9.84. The van der Waals surface area contributed by atoms with E-state index in [0.29, 0.717) is 12.1 Å². The zero-order chi connectivity index (χ0) is 15.6. The number of imidazole rings is 1. The van der Waals surface area contributed by atoms with Crippen LogP contribution in [0.25, 0.3) is 0 Å². The maximum absolute atomic E-state index is 12.8. The van der Waals surface area contributed by atoms with Gasteiger partial charge >= 0.3 is 6.18 Å². The molecule has 3 nitrogen and oxygen atoms in total. The molecular weight excluding hydrogens is 279 g/mol. The Labute approximate surface area is 121 Å². The number of benzene rings is 1. The quantitative estimate of drug-likeness (QED) is 0.937. The maximum atomic E-state index is 12.8. The molecule has 6 heteroatoms. The molecule has 1 aromatic heterocycles. The summed E-state index contributed by atoms with van der Waals surface area (Å²) in [5.74, 6) is 0.778. The van der Waals surface area contributed by atoms with Gasteiger partial charge in [0, 0.05) is 19.4 Å². The SMILES string of the molecule is CCNC(c1ccc(C(F)(F)F)cc1C)c1nccn1C. The molecule has 1 N–H and O–H groups in total. The van der Waals surface area contributed by atoms with E-state index in [1.165, 1.54) is 12.1 Å². The van der Waals surface area contributed by atoms with Crippen molar-refractivity contribution in [1.29, 1.82) is 0 Å². The summed E-state index contributed by atoms with van der Waals surface area (Å²) in [6.07, 6.45) is -0.821. The highest BCUT2D eigenvalue weighted by atomic mass is 19.4. The fraction of sp³-hybridized carbons (Fsp3) is 0.400. The Bertz CT molecular complexity index is 617. The van der Waals surface area contributed by atoms with Crippen LogP contribution in [0.3, 0.4) is 0 Å². The van der Waals surface area contributed by atoms with E-state index in [9.17, 15) is 13.2 Å². The van der Waals surface area contributed by atoms with Crippen molar-refractivity contribution >= 4 is 0 Å². The van der Waals surface area contributed by atoms with Gasteiger partial charge < -0.3 is 9.88 Å². The van der Waals surface area contributed by atoms with Crippen LogP contribution in [0, 0.1) is 6.92 Å². The minimum atomic E-state index is -4.32. The lowest BCUT2D eigenvalue weighted by molar-refractivity contribution is -0.137. The van der Waals surface area contributed by atoms with Crippen LogP contribution >= 0.6 is 0 Å². The molecule has 1 heterocycles. The van der Waals surface area contributed by atoms with E-state index in [4.69, 9.17) is 0 Å².